The largest absolute Gasteiger partial charge is 0.456 e. The van der Waals surface area contributed by atoms with Crippen molar-refractivity contribution in [3.63, 3.8) is 0 Å². The summed E-state index contributed by atoms with van der Waals surface area (Å²) in [4.78, 5) is 5.09. The molecule has 12 rings (SSSR count). The zero-order valence-electron chi connectivity index (χ0n) is 30.7. The number of thiophene rings is 1. The van der Waals surface area contributed by atoms with Crippen molar-refractivity contribution in [2.75, 3.05) is 0 Å². The van der Waals surface area contributed by atoms with Crippen molar-refractivity contribution in [3.8, 4) is 16.8 Å². The van der Waals surface area contributed by atoms with Crippen LogP contribution in [0.3, 0.4) is 0 Å². The zero-order valence-corrected chi connectivity index (χ0v) is 31.5. The zero-order chi connectivity index (χ0) is 37.5. The Morgan fingerprint density at radius 1 is 0.491 bits per heavy atom. The van der Waals surface area contributed by atoms with Crippen molar-refractivity contribution >= 4 is 81.1 Å². The fraction of sp³-hybridized carbons (Fsp3) is 0.0392. The Balaban J connectivity index is 0.948. The number of benzene rings is 8. The summed E-state index contributed by atoms with van der Waals surface area (Å²) >= 11 is 1.88. The number of nitrogens with zero attached hydrogens (tertiary/aromatic N) is 2. The van der Waals surface area contributed by atoms with Gasteiger partial charge in [0.25, 0.3) is 0 Å². The minimum atomic E-state index is -0.193. The molecule has 8 aromatic carbocycles. The number of furan rings is 1. The van der Waals surface area contributed by atoms with Gasteiger partial charge in [-0.2, -0.15) is 0 Å². The Labute approximate surface area is 332 Å². The first-order valence-corrected chi connectivity index (χ1v) is 20.2. The Bertz CT molecular complexity index is 3320. The van der Waals surface area contributed by atoms with E-state index in [-0.39, 0.29) is 12.3 Å². The van der Waals surface area contributed by atoms with E-state index in [1.807, 2.05) is 23.5 Å². The van der Waals surface area contributed by atoms with Crippen LogP contribution >= 0.6 is 11.3 Å². The number of fused-ring (bicyclic) bond motifs is 9. The molecule has 0 fully saturated rings. The van der Waals surface area contributed by atoms with Gasteiger partial charge in [0.15, 0.2) is 0 Å². The number of amidine groups is 1. The molecule has 270 valence electrons. The molecule has 4 heterocycles. The van der Waals surface area contributed by atoms with Gasteiger partial charge in [-0.3, -0.25) is 5.32 Å². The fourth-order valence-electron chi connectivity index (χ4n) is 8.81. The normalized spacial score (nSPS) is 15.9. The van der Waals surface area contributed by atoms with E-state index < -0.39 is 0 Å². The third-order valence-corrected chi connectivity index (χ3v) is 12.8. The van der Waals surface area contributed by atoms with E-state index in [1.165, 1.54) is 53.2 Å². The van der Waals surface area contributed by atoms with E-state index in [2.05, 4.69) is 185 Å². The van der Waals surface area contributed by atoms with E-state index in [4.69, 9.17) is 9.41 Å². The van der Waals surface area contributed by atoms with Gasteiger partial charge < -0.3 is 14.3 Å². The molecule has 0 saturated heterocycles. The number of aliphatic imine (C=N–C) groups is 1. The van der Waals surface area contributed by atoms with Gasteiger partial charge in [-0.05, 0) is 64.7 Å². The summed E-state index contributed by atoms with van der Waals surface area (Å²) in [7, 11) is 0. The topological polar surface area (TPSA) is 54.5 Å². The molecule has 2 unspecified atom stereocenters. The fourth-order valence-corrected chi connectivity index (χ4v) is 10.2. The van der Waals surface area contributed by atoms with Crippen LogP contribution in [0.5, 0.6) is 0 Å². The van der Waals surface area contributed by atoms with Gasteiger partial charge in [-0.1, -0.05) is 140 Å². The van der Waals surface area contributed by atoms with Crippen molar-refractivity contribution in [1.29, 1.82) is 0 Å². The van der Waals surface area contributed by atoms with Crippen molar-refractivity contribution < 1.29 is 4.42 Å². The summed E-state index contributed by atoms with van der Waals surface area (Å²) in [5.74, 6) is 0.868. The highest BCUT2D eigenvalue weighted by Crippen LogP contribution is 2.45. The van der Waals surface area contributed by atoms with Crippen LogP contribution in [0.1, 0.15) is 29.0 Å². The van der Waals surface area contributed by atoms with E-state index in [9.17, 15) is 0 Å². The summed E-state index contributed by atoms with van der Waals surface area (Å²) < 4.78 is 11.6. The number of hydrogen-bond acceptors (Lipinski definition) is 5. The second-order valence-electron chi connectivity index (χ2n) is 14.8. The van der Waals surface area contributed by atoms with Gasteiger partial charge >= 0.3 is 0 Å². The van der Waals surface area contributed by atoms with Crippen LogP contribution < -0.4 is 10.6 Å². The highest BCUT2D eigenvalue weighted by molar-refractivity contribution is 7.26. The molecule has 0 bridgehead atoms. The lowest BCUT2D eigenvalue weighted by Gasteiger charge is -2.32. The van der Waals surface area contributed by atoms with E-state index in [0.717, 1.165) is 50.0 Å². The first-order chi connectivity index (χ1) is 28.2. The molecule has 0 spiro atoms. The Morgan fingerprint density at radius 3 is 1.96 bits per heavy atom. The molecule has 11 aromatic rings. The van der Waals surface area contributed by atoms with Crippen LogP contribution in [0.15, 0.2) is 191 Å². The van der Waals surface area contributed by atoms with E-state index in [0.29, 0.717) is 0 Å². The van der Waals surface area contributed by atoms with Crippen molar-refractivity contribution in [2.45, 2.75) is 12.3 Å². The Morgan fingerprint density at radius 2 is 1.18 bits per heavy atom. The lowest BCUT2D eigenvalue weighted by molar-refractivity contribution is 0.409. The molecule has 2 N–H and O–H groups in total. The van der Waals surface area contributed by atoms with E-state index >= 15 is 0 Å². The predicted molar refractivity (Wildman–Crippen MR) is 238 cm³/mol. The second kappa shape index (κ2) is 12.8. The van der Waals surface area contributed by atoms with Crippen LogP contribution in [0.2, 0.25) is 0 Å². The molecule has 0 radical (unpaired) electrons. The SMILES string of the molecule is c1ccc(C2=NC(c3ccccc3)NC(c3ccc4oc5cc(-c6cccc7c6sc6c(-n8c9ccccc9c9ccccc98)cccc67)ccc5c4c3)N2)cc1. The Hall–Kier alpha value is -6.99. The van der Waals surface area contributed by atoms with Crippen LogP contribution in [0, 0.1) is 0 Å². The summed E-state index contributed by atoms with van der Waals surface area (Å²) in [6.07, 6.45) is -0.351. The van der Waals surface area contributed by atoms with Crippen molar-refractivity contribution in [2.24, 2.45) is 4.99 Å². The second-order valence-corrected chi connectivity index (χ2v) is 15.8. The maximum atomic E-state index is 6.59. The predicted octanol–water partition coefficient (Wildman–Crippen LogP) is 13.1. The molecule has 2 atom stereocenters. The van der Waals surface area contributed by atoms with Crippen LogP contribution in [-0.4, -0.2) is 10.4 Å². The lowest BCUT2D eigenvalue weighted by atomic mass is 10.0. The molecule has 5 nitrogen and oxygen atoms in total. The number of nitrogens with one attached hydrogen (secondary N) is 2. The monoisotopic (exact) mass is 750 g/mol. The van der Waals surface area contributed by atoms with Gasteiger partial charge in [-0.15, -0.1) is 11.3 Å². The highest BCUT2D eigenvalue weighted by Gasteiger charge is 2.26. The van der Waals surface area contributed by atoms with Gasteiger partial charge in [-0.25, -0.2) is 4.99 Å². The molecule has 57 heavy (non-hydrogen) atoms. The van der Waals surface area contributed by atoms with E-state index in [1.54, 1.807) is 0 Å². The third-order valence-electron chi connectivity index (χ3n) is 11.5. The lowest BCUT2D eigenvalue weighted by Crippen LogP contribution is -2.44. The molecule has 0 aliphatic carbocycles. The molecule has 6 heteroatoms. The molecule has 1 aliphatic heterocycles. The number of para-hydroxylation sites is 2. The minimum absolute atomic E-state index is 0.158. The molecular weight excluding hydrogens is 717 g/mol. The van der Waals surface area contributed by atoms with Crippen LogP contribution in [0.4, 0.5) is 0 Å². The first-order valence-electron chi connectivity index (χ1n) is 19.4. The highest BCUT2D eigenvalue weighted by atomic mass is 32.1. The van der Waals surface area contributed by atoms with Gasteiger partial charge in [0.05, 0.1) is 21.4 Å². The van der Waals surface area contributed by atoms with Gasteiger partial charge in [0.1, 0.15) is 29.3 Å². The molecule has 3 aromatic heterocycles. The third kappa shape index (κ3) is 5.15. The van der Waals surface area contributed by atoms with Gasteiger partial charge in [0, 0.05) is 42.6 Å². The summed E-state index contributed by atoms with van der Waals surface area (Å²) in [6.45, 7) is 0. The molecule has 1 aliphatic rings. The van der Waals surface area contributed by atoms with Crippen molar-refractivity contribution in [3.05, 3.63) is 199 Å². The van der Waals surface area contributed by atoms with Crippen LogP contribution in [-0.2, 0) is 0 Å². The maximum absolute atomic E-state index is 6.59. The summed E-state index contributed by atoms with van der Waals surface area (Å²) in [5.41, 5.74) is 11.0. The van der Waals surface area contributed by atoms with Gasteiger partial charge in [0.2, 0.25) is 0 Å². The van der Waals surface area contributed by atoms with Crippen LogP contribution in [0.25, 0.3) is 80.7 Å². The maximum Gasteiger partial charge on any atom is 0.136 e. The number of hydrogen-bond donors (Lipinski definition) is 2. The number of rotatable bonds is 5. The average molecular weight is 751 g/mol. The summed E-state index contributed by atoms with van der Waals surface area (Å²) in [6, 6.07) is 64.8. The molecule has 0 amide bonds. The smallest absolute Gasteiger partial charge is 0.136 e. The minimum Gasteiger partial charge on any atom is -0.456 e. The summed E-state index contributed by atoms with van der Waals surface area (Å²) in [5, 5.41) is 14.7. The molecule has 0 saturated carbocycles. The quantitative estimate of drug-likeness (QED) is 0.184. The number of aromatic nitrogens is 1. The first kappa shape index (κ1) is 32.3. The standard InChI is InChI=1S/C51H34N4OS/c1-3-13-31(14-4-1)49-52-50(32-15-5-2-6-16-32)54-51(53-49)34-26-28-45-41(29-34)38-27-25-33(30-46(38)56-45)35-19-11-20-39-40-21-12-24-44(48(40)57-47(35)39)55-42-22-9-7-17-36(42)37-18-8-10-23-43(37)55/h1-30,49,51,53H,(H,52,54). The average Bonchev–Trinajstić information content (AvgIpc) is 3.96. The Kier molecular flexibility index (Phi) is 7.24. The van der Waals surface area contributed by atoms with Crippen molar-refractivity contribution in [1.82, 2.24) is 15.2 Å². The molecular formula is C51H34N4OS.